The number of rotatable bonds is 7. The molecule has 0 aliphatic rings. The van der Waals surface area contributed by atoms with Crippen LogP contribution in [0.15, 0.2) is 0 Å². The molecule has 15 heavy (non-hydrogen) atoms. The zero-order chi connectivity index (χ0) is 11.9. The standard InChI is InChI=1S/C9H18ClO4P/c1-4-13-9(11)6-7-15(12,8(3)10)14-5-2/h8H,4-7H2,1-3H3. The highest BCUT2D eigenvalue weighted by molar-refractivity contribution is 7.61. The molecule has 2 unspecified atom stereocenters. The lowest BCUT2D eigenvalue weighted by Gasteiger charge is -2.19. The summed E-state index contributed by atoms with van der Waals surface area (Å²) in [6.07, 6.45) is 0.229. The molecule has 6 heteroatoms. The molecule has 90 valence electrons. The van der Waals surface area contributed by atoms with Gasteiger partial charge in [-0.05, 0) is 20.8 Å². The Morgan fingerprint density at radius 3 is 2.40 bits per heavy atom. The lowest BCUT2D eigenvalue weighted by atomic mass is 10.5. The minimum absolute atomic E-state index is 0.0855. The Bertz CT molecular complexity index is 242. The average Bonchev–Trinajstić information content (AvgIpc) is 2.15. The highest BCUT2D eigenvalue weighted by Gasteiger charge is 2.29. The van der Waals surface area contributed by atoms with Gasteiger partial charge in [0.2, 0.25) is 7.37 Å². The van der Waals surface area contributed by atoms with Crippen molar-refractivity contribution < 1.29 is 18.6 Å². The molecular formula is C9H18ClO4P. The molecule has 0 aromatic carbocycles. The maximum absolute atomic E-state index is 12.1. The van der Waals surface area contributed by atoms with Crippen molar-refractivity contribution in [2.75, 3.05) is 19.4 Å². The van der Waals surface area contributed by atoms with Gasteiger partial charge in [0.15, 0.2) is 0 Å². The van der Waals surface area contributed by atoms with E-state index >= 15 is 0 Å². The average molecular weight is 257 g/mol. The molecule has 0 amide bonds. The summed E-state index contributed by atoms with van der Waals surface area (Å²) in [5.74, 6) is -0.366. The molecule has 0 N–H and O–H groups in total. The maximum atomic E-state index is 12.1. The Labute approximate surface area is 95.7 Å². The molecule has 0 saturated heterocycles. The number of carbonyl (C=O) groups excluding carboxylic acids is 1. The number of hydrogen-bond donors (Lipinski definition) is 0. The first-order valence-corrected chi connectivity index (χ1v) is 7.30. The van der Waals surface area contributed by atoms with Crippen LogP contribution in [0.2, 0.25) is 0 Å². The zero-order valence-corrected chi connectivity index (χ0v) is 11.0. The number of hydrogen-bond acceptors (Lipinski definition) is 4. The van der Waals surface area contributed by atoms with Crippen molar-refractivity contribution in [3.05, 3.63) is 0 Å². The van der Waals surface area contributed by atoms with Gasteiger partial charge in [-0.15, -0.1) is 11.6 Å². The smallest absolute Gasteiger partial charge is 0.306 e. The lowest BCUT2D eigenvalue weighted by molar-refractivity contribution is -0.142. The van der Waals surface area contributed by atoms with Crippen molar-refractivity contribution in [1.29, 1.82) is 0 Å². The molecule has 4 nitrogen and oxygen atoms in total. The Morgan fingerprint density at radius 1 is 1.40 bits per heavy atom. The van der Waals surface area contributed by atoms with Gasteiger partial charge in [0, 0.05) is 6.16 Å². The van der Waals surface area contributed by atoms with Crippen LogP contribution in [-0.4, -0.2) is 30.5 Å². The molecule has 0 saturated carbocycles. The number of ether oxygens (including phenoxy) is 1. The summed E-state index contributed by atoms with van der Waals surface area (Å²) in [5.41, 5.74) is 0. The first kappa shape index (κ1) is 14.9. The minimum atomic E-state index is -2.90. The normalized spacial score (nSPS) is 16.8. The zero-order valence-electron chi connectivity index (χ0n) is 9.36. The third-order valence-corrected chi connectivity index (χ3v) is 5.34. The van der Waals surface area contributed by atoms with Gasteiger partial charge < -0.3 is 9.26 Å². The largest absolute Gasteiger partial charge is 0.466 e. The summed E-state index contributed by atoms with van der Waals surface area (Å²) in [6, 6.07) is 0. The summed E-state index contributed by atoms with van der Waals surface area (Å²) in [7, 11) is -2.90. The number of carbonyl (C=O) groups is 1. The summed E-state index contributed by atoms with van der Waals surface area (Å²) < 4.78 is 21.9. The van der Waals surface area contributed by atoms with Gasteiger partial charge in [-0.25, -0.2) is 0 Å². The molecule has 0 aliphatic heterocycles. The quantitative estimate of drug-likeness (QED) is 0.399. The van der Waals surface area contributed by atoms with Crippen LogP contribution in [-0.2, 0) is 18.6 Å². The van der Waals surface area contributed by atoms with Crippen LogP contribution < -0.4 is 0 Å². The van der Waals surface area contributed by atoms with Gasteiger partial charge >= 0.3 is 5.97 Å². The van der Waals surface area contributed by atoms with Gasteiger partial charge in [-0.2, -0.15) is 0 Å². The Morgan fingerprint density at radius 2 is 2.00 bits per heavy atom. The Hall–Kier alpha value is -0.0500. The fraction of sp³-hybridized carbons (Fsp3) is 0.889. The van der Waals surface area contributed by atoms with E-state index in [1.807, 2.05) is 0 Å². The predicted octanol–water partition coefficient (Wildman–Crippen LogP) is 2.84. The van der Waals surface area contributed by atoms with Crippen molar-refractivity contribution in [3.8, 4) is 0 Å². The van der Waals surface area contributed by atoms with Gasteiger partial charge in [-0.3, -0.25) is 9.36 Å². The van der Waals surface area contributed by atoms with Crippen LogP contribution in [0.5, 0.6) is 0 Å². The second-order valence-electron chi connectivity index (χ2n) is 3.00. The minimum Gasteiger partial charge on any atom is -0.466 e. The SMILES string of the molecule is CCOC(=O)CCP(=O)(OCC)C(C)Cl. The molecule has 0 spiro atoms. The first-order valence-electron chi connectivity index (χ1n) is 4.99. The van der Waals surface area contributed by atoms with E-state index in [1.165, 1.54) is 0 Å². The fourth-order valence-corrected chi connectivity index (χ4v) is 3.13. The van der Waals surface area contributed by atoms with E-state index in [0.717, 1.165) is 0 Å². The number of halogens is 1. The van der Waals surface area contributed by atoms with E-state index in [4.69, 9.17) is 20.9 Å². The molecule has 0 fully saturated rings. The van der Waals surface area contributed by atoms with E-state index < -0.39 is 12.5 Å². The summed E-state index contributed by atoms with van der Waals surface area (Å²) in [5, 5.41) is -0.577. The van der Waals surface area contributed by atoms with Gasteiger partial charge in [0.25, 0.3) is 0 Å². The molecule has 0 rings (SSSR count). The van der Waals surface area contributed by atoms with E-state index in [0.29, 0.717) is 13.2 Å². The van der Waals surface area contributed by atoms with E-state index in [9.17, 15) is 9.36 Å². The molecule has 0 bridgehead atoms. The highest BCUT2D eigenvalue weighted by atomic mass is 35.5. The van der Waals surface area contributed by atoms with Gasteiger partial charge in [0.1, 0.15) is 5.12 Å². The van der Waals surface area contributed by atoms with Crippen molar-refractivity contribution in [2.45, 2.75) is 32.3 Å². The highest BCUT2D eigenvalue weighted by Crippen LogP contribution is 2.53. The van der Waals surface area contributed by atoms with Crippen molar-refractivity contribution in [2.24, 2.45) is 0 Å². The van der Waals surface area contributed by atoms with E-state index in [2.05, 4.69) is 0 Å². The second kappa shape index (κ2) is 7.26. The van der Waals surface area contributed by atoms with Crippen LogP contribution in [0.25, 0.3) is 0 Å². The molecule has 0 aliphatic carbocycles. The van der Waals surface area contributed by atoms with Crippen molar-refractivity contribution in [3.63, 3.8) is 0 Å². The monoisotopic (exact) mass is 256 g/mol. The number of esters is 1. The molecule has 0 aromatic heterocycles. The summed E-state index contributed by atoms with van der Waals surface area (Å²) >= 11 is 5.78. The number of alkyl halides is 1. The van der Waals surface area contributed by atoms with Crippen LogP contribution in [0.4, 0.5) is 0 Å². The van der Waals surface area contributed by atoms with Crippen molar-refractivity contribution in [1.82, 2.24) is 0 Å². The molecule has 0 radical (unpaired) electrons. The lowest BCUT2D eigenvalue weighted by Crippen LogP contribution is -2.10. The molecule has 0 aromatic rings. The summed E-state index contributed by atoms with van der Waals surface area (Å²) in [4.78, 5) is 11.1. The second-order valence-corrected chi connectivity index (χ2v) is 6.89. The molecular weight excluding hydrogens is 239 g/mol. The van der Waals surface area contributed by atoms with Crippen LogP contribution in [0, 0.1) is 0 Å². The third-order valence-electron chi connectivity index (χ3n) is 1.82. The summed E-state index contributed by atoms with van der Waals surface area (Å²) in [6.45, 7) is 5.75. The molecule has 0 heterocycles. The Kier molecular flexibility index (Phi) is 7.24. The van der Waals surface area contributed by atoms with Crippen molar-refractivity contribution >= 4 is 24.9 Å². The van der Waals surface area contributed by atoms with Crippen LogP contribution in [0.1, 0.15) is 27.2 Å². The molecule has 2 atom stereocenters. The van der Waals surface area contributed by atoms with Gasteiger partial charge in [-0.1, -0.05) is 0 Å². The van der Waals surface area contributed by atoms with Gasteiger partial charge in [0.05, 0.1) is 19.6 Å². The Balaban J connectivity index is 4.19. The van der Waals surface area contributed by atoms with Crippen LogP contribution >= 0.6 is 19.0 Å². The predicted molar refractivity (Wildman–Crippen MR) is 60.7 cm³/mol. The third kappa shape index (κ3) is 5.55. The van der Waals surface area contributed by atoms with Crippen LogP contribution in [0.3, 0.4) is 0 Å². The maximum Gasteiger partial charge on any atom is 0.306 e. The fourth-order valence-electron chi connectivity index (χ4n) is 1.04. The van der Waals surface area contributed by atoms with E-state index in [-0.39, 0.29) is 18.6 Å². The van der Waals surface area contributed by atoms with E-state index in [1.54, 1.807) is 20.8 Å². The topological polar surface area (TPSA) is 52.6 Å². The first-order chi connectivity index (χ1) is 6.96.